The van der Waals surface area contributed by atoms with Crippen molar-refractivity contribution in [2.75, 3.05) is 24.6 Å². The van der Waals surface area contributed by atoms with Crippen LogP contribution in [-0.2, 0) is 6.54 Å². The molecule has 4 rings (SSSR count). The molecular weight excluding hydrogens is 389 g/mol. The van der Waals surface area contributed by atoms with E-state index in [0.29, 0.717) is 36.5 Å². The van der Waals surface area contributed by atoms with Crippen LogP contribution >= 0.6 is 0 Å². The Morgan fingerprint density at radius 1 is 1.31 bits per heavy atom. The summed E-state index contributed by atoms with van der Waals surface area (Å²) >= 11 is 0. The van der Waals surface area contributed by atoms with Gasteiger partial charge in [0.25, 0.3) is 0 Å². The summed E-state index contributed by atoms with van der Waals surface area (Å²) < 4.78 is 43.3. The summed E-state index contributed by atoms with van der Waals surface area (Å²) in [5, 5.41) is 7.97. The van der Waals surface area contributed by atoms with Crippen LogP contribution in [0.25, 0.3) is 10.9 Å². The quantitative estimate of drug-likeness (QED) is 0.704. The number of urea groups is 1. The minimum absolute atomic E-state index is 0.0526. The Hall–Kier alpha value is -3.37. The zero-order valence-corrected chi connectivity index (χ0v) is 15.4. The zero-order valence-electron chi connectivity index (χ0n) is 15.4. The summed E-state index contributed by atoms with van der Waals surface area (Å²) in [6, 6.07) is 3.26. The van der Waals surface area contributed by atoms with E-state index in [0.717, 1.165) is 10.9 Å². The second kappa shape index (κ2) is 7.22. The van der Waals surface area contributed by atoms with E-state index in [-0.39, 0.29) is 11.9 Å². The fourth-order valence-electron chi connectivity index (χ4n) is 3.14. The molecule has 0 aromatic carbocycles. The number of ether oxygens (including phenoxy) is 1. The third kappa shape index (κ3) is 4.08. The molecule has 0 bridgehead atoms. The molecule has 4 heterocycles. The highest BCUT2D eigenvalue weighted by molar-refractivity contribution is 6.01. The first-order valence-electron chi connectivity index (χ1n) is 8.83. The lowest BCUT2D eigenvalue weighted by Gasteiger charge is -2.13. The molecule has 0 aliphatic carbocycles. The van der Waals surface area contributed by atoms with Gasteiger partial charge in [0.2, 0.25) is 5.88 Å². The number of carbonyl (C=O) groups excluding carboxylic acids is 1. The SMILES string of the molecule is Cc1cc(Cn2cc3c(N4CCNC4=O)nccc3n2)cnc1OCC(F)(F)F. The number of carbonyl (C=O) groups is 1. The fraction of sp³-hybridized carbons (Fsp3) is 0.333. The zero-order chi connectivity index (χ0) is 20.6. The lowest BCUT2D eigenvalue weighted by atomic mass is 10.2. The minimum Gasteiger partial charge on any atom is -0.468 e. The summed E-state index contributed by atoms with van der Waals surface area (Å²) in [7, 11) is 0. The van der Waals surface area contributed by atoms with E-state index in [2.05, 4.69) is 20.4 Å². The first-order chi connectivity index (χ1) is 13.8. The average Bonchev–Trinajstić information content (AvgIpc) is 3.25. The fourth-order valence-corrected chi connectivity index (χ4v) is 3.14. The number of pyridine rings is 2. The van der Waals surface area contributed by atoms with Gasteiger partial charge in [0, 0.05) is 37.2 Å². The van der Waals surface area contributed by atoms with Gasteiger partial charge in [-0.3, -0.25) is 9.58 Å². The topological polar surface area (TPSA) is 85.2 Å². The normalized spacial score (nSPS) is 14.5. The van der Waals surface area contributed by atoms with Gasteiger partial charge in [-0.15, -0.1) is 0 Å². The van der Waals surface area contributed by atoms with E-state index < -0.39 is 12.8 Å². The van der Waals surface area contributed by atoms with Crippen molar-refractivity contribution in [2.24, 2.45) is 0 Å². The molecule has 2 amide bonds. The highest BCUT2D eigenvalue weighted by atomic mass is 19.4. The number of amides is 2. The Labute approximate surface area is 163 Å². The van der Waals surface area contributed by atoms with Gasteiger partial charge >= 0.3 is 12.2 Å². The van der Waals surface area contributed by atoms with Crippen molar-refractivity contribution >= 4 is 22.8 Å². The number of nitrogens with zero attached hydrogens (tertiary/aromatic N) is 5. The lowest BCUT2D eigenvalue weighted by molar-refractivity contribution is -0.154. The maximum Gasteiger partial charge on any atom is 0.422 e. The van der Waals surface area contributed by atoms with Crippen molar-refractivity contribution < 1.29 is 22.7 Å². The maximum atomic E-state index is 12.3. The molecule has 1 fully saturated rings. The van der Waals surface area contributed by atoms with E-state index >= 15 is 0 Å². The van der Waals surface area contributed by atoms with E-state index in [1.165, 1.54) is 6.20 Å². The standard InChI is InChI=1S/C18H17F3N6O2/c1-11-6-12(7-24-16(11)29-10-18(19,20)21)8-26-9-13-14(25-26)2-3-22-15(13)27-5-4-23-17(27)28/h2-3,6-7,9H,4-5,8,10H2,1H3,(H,23,28). The molecule has 152 valence electrons. The van der Waals surface area contributed by atoms with Crippen molar-refractivity contribution in [1.82, 2.24) is 25.1 Å². The number of nitrogens with one attached hydrogen (secondary N) is 1. The summed E-state index contributed by atoms with van der Waals surface area (Å²) in [5.41, 5.74) is 1.94. The van der Waals surface area contributed by atoms with Gasteiger partial charge in [-0.25, -0.2) is 14.8 Å². The van der Waals surface area contributed by atoms with Gasteiger partial charge in [0.15, 0.2) is 6.61 Å². The van der Waals surface area contributed by atoms with Crippen LogP contribution in [0.5, 0.6) is 5.88 Å². The van der Waals surface area contributed by atoms with Gasteiger partial charge in [-0.05, 0) is 24.6 Å². The number of aryl methyl sites for hydroxylation is 1. The lowest BCUT2D eigenvalue weighted by Crippen LogP contribution is -2.28. The van der Waals surface area contributed by atoms with Crippen LogP contribution in [0.1, 0.15) is 11.1 Å². The Morgan fingerprint density at radius 2 is 2.14 bits per heavy atom. The van der Waals surface area contributed by atoms with Crippen LogP contribution in [-0.4, -0.2) is 51.7 Å². The molecule has 1 aliphatic rings. The predicted octanol–water partition coefficient (Wildman–Crippen LogP) is 2.65. The highest BCUT2D eigenvalue weighted by Gasteiger charge is 2.29. The molecule has 8 nitrogen and oxygen atoms in total. The number of halogens is 3. The van der Waals surface area contributed by atoms with Crippen LogP contribution in [0.4, 0.5) is 23.8 Å². The number of hydrogen-bond donors (Lipinski definition) is 1. The Balaban J connectivity index is 1.55. The summed E-state index contributed by atoms with van der Waals surface area (Å²) in [6.07, 6.45) is 0.420. The second-order valence-electron chi connectivity index (χ2n) is 6.65. The Bertz CT molecular complexity index is 1070. The van der Waals surface area contributed by atoms with E-state index in [4.69, 9.17) is 4.74 Å². The molecule has 1 saturated heterocycles. The second-order valence-corrected chi connectivity index (χ2v) is 6.65. The Kier molecular flexibility index (Phi) is 4.73. The van der Waals surface area contributed by atoms with Crippen LogP contribution < -0.4 is 15.0 Å². The molecule has 1 N–H and O–H groups in total. The monoisotopic (exact) mass is 406 g/mol. The molecule has 3 aromatic heterocycles. The van der Waals surface area contributed by atoms with Crippen molar-refractivity contribution in [1.29, 1.82) is 0 Å². The predicted molar refractivity (Wildman–Crippen MR) is 97.9 cm³/mol. The smallest absolute Gasteiger partial charge is 0.422 e. The van der Waals surface area contributed by atoms with Gasteiger partial charge < -0.3 is 10.1 Å². The number of aromatic nitrogens is 4. The van der Waals surface area contributed by atoms with Crippen molar-refractivity contribution in [3.63, 3.8) is 0 Å². The van der Waals surface area contributed by atoms with Crippen molar-refractivity contribution in [2.45, 2.75) is 19.6 Å². The van der Waals surface area contributed by atoms with Crippen molar-refractivity contribution in [3.8, 4) is 5.88 Å². The molecule has 0 radical (unpaired) electrons. The number of alkyl halides is 3. The number of hydrogen-bond acceptors (Lipinski definition) is 5. The van der Waals surface area contributed by atoms with Crippen LogP contribution in [0, 0.1) is 6.92 Å². The minimum atomic E-state index is -4.42. The molecule has 29 heavy (non-hydrogen) atoms. The highest BCUT2D eigenvalue weighted by Crippen LogP contribution is 2.25. The Morgan fingerprint density at radius 3 is 2.83 bits per heavy atom. The molecule has 0 saturated carbocycles. The van der Waals surface area contributed by atoms with Crippen LogP contribution in [0.3, 0.4) is 0 Å². The first-order valence-corrected chi connectivity index (χ1v) is 8.83. The average molecular weight is 406 g/mol. The van der Waals surface area contributed by atoms with Gasteiger partial charge in [0.1, 0.15) is 5.82 Å². The molecule has 0 spiro atoms. The largest absolute Gasteiger partial charge is 0.468 e. The van der Waals surface area contributed by atoms with Gasteiger partial charge in [-0.1, -0.05) is 0 Å². The molecule has 0 atom stereocenters. The third-order valence-electron chi connectivity index (χ3n) is 4.38. The van der Waals surface area contributed by atoms with Gasteiger partial charge in [-0.2, -0.15) is 18.3 Å². The maximum absolute atomic E-state index is 12.3. The molecule has 1 aliphatic heterocycles. The molecular formula is C18H17F3N6O2. The van der Waals surface area contributed by atoms with Crippen molar-refractivity contribution in [3.05, 3.63) is 41.9 Å². The van der Waals surface area contributed by atoms with Crippen LogP contribution in [0.2, 0.25) is 0 Å². The van der Waals surface area contributed by atoms with Gasteiger partial charge in [0.05, 0.1) is 17.4 Å². The first kappa shape index (κ1) is 19.0. The molecule has 11 heteroatoms. The van der Waals surface area contributed by atoms with E-state index in [9.17, 15) is 18.0 Å². The van der Waals surface area contributed by atoms with E-state index in [1.54, 1.807) is 41.0 Å². The molecule has 0 unspecified atom stereocenters. The van der Waals surface area contributed by atoms with Crippen LogP contribution in [0.15, 0.2) is 30.7 Å². The number of rotatable bonds is 5. The summed E-state index contributed by atoms with van der Waals surface area (Å²) in [6.45, 7) is 1.69. The molecule has 3 aromatic rings. The summed E-state index contributed by atoms with van der Waals surface area (Å²) in [4.78, 5) is 21.8. The third-order valence-corrected chi connectivity index (χ3v) is 4.38. The number of fused-ring (bicyclic) bond motifs is 1. The summed E-state index contributed by atoms with van der Waals surface area (Å²) in [5.74, 6) is 0.484. The number of anilines is 1. The van der Waals surface area contributed by atoms with E-state index in [1.807, 2.05) is 0 Å².